The highest BCUT2D eigenvalue weighted by Gasteiger charge is 2.32. The minimum Gasteiger partial charge on any atom is -0.373 e. The smallest absolute Gasteiger partial charge is 0.0875 e. The van der Waals surface area contributed by atoms with Gasteiger partial charge < -0.3 is 10.1 Å². The second-order valence-electron chi connectivity index (χ2n) is 5.52. The van der Waals surface area contributed by atoms with Gasteiger partial charge in [-0.15, -0.1) is 0 Å². The molecule has 3 rings (SSSR count). The van der Waals surface area contributed by atoms with Gasteiger partial charge in [-0.2, -0.15) is 0 Å². The van der Waals surface area contributed by atoms with Gasteiger partial charge in [0.05, 0.1) is 12.7 Å². The largest absolute Gasteiger partial charge is 0.373 e. The molecular weight excluding hydrogens is 282 g/mol. The van der Waals surface area contributed by atoms with Crippen molar-refractivity contribution in [1.29, 1.82) is 0 Å². The summed E-state index contributed by atoms with van der Waals surface area (Å²) in [4.78, 5) is 0. The van der Waals surface area contributed by atoms with E-state index in [2.05, 4.69) is 41.7 Å². The van der Waals surface area contributed by atoms with Crippen LogP contribution in [0.15, 0.2) is 54.6 Å². The van der Waals surface area contributed by atoms with E-state index < -0.39 is 0 Å². The van der Waals surface area contributed by atoms with Crippen molar-refractivity contribution in [1.82, 2.24) is 5.32 Å². The normalized spacial score (nSPS) is 21.0. The predicted molar refractivity (Wildman–Crippen MR) is 86.4 cm³/mol. The van der Waals surface area contributed by atoms with E-state index in [1.54, 1.807) is 0 Å². The molecule has 0 bridgehead atoms. The molecular formula is C18H20ClNO. The van der Waals surface area contributed by atoms with Crippen molar-refractivity contribution in [2.45, 2.75) is 19.1 Å². The molecule has 2 nitrogen and oxygen atoms in total. The highest BCUT2D eigenvalue weighted by molar-refractivity contribution is 6.30. The molecule has 2 atom stereocenters. The lowest BCUT2D eigenvalue weighted by atomic mass is 9.89. The third kappa shape index (κ3) is 3.85. The first-order valence-electron chi connectivity index (χ1n) is 7.44. The molecule has 1 N–H and O–H groups in total. The average molecular weight is 302 g/mol. The van der Waals surface area contributed by atoms with Crippen molar-refractivity contribution in [3.63, 3.8) is 0 Å². The number of halogens is 1. The van der Waals surface area contributed by atoms with Crippen LogP contribution in [0.2, 0.25) is 5.02 Å². The van der Waals surface area contributed by atoms with Gasteiger partial charge in [0, 0.05) is 17.5 Å². The van der Waals surface area contributed by atoms with Gasteiger partial charge >= 0.3 is 0 Å². The van der Waals surface area contributed by atoms with Gasteiger partial charge in [-0.05, 0) is 36.2 Å². The molecule has 1 fully saturated rings. The lowest BCUT2D eigenvalue weighted by Crippen LogP contribution is -2.34. The van der Waals surface area contributed by atoms with E-state index in [1.807, 2.05) is 18.2 Å². The van der Waals surface area contributed by atoms with Crippen LogP contribution in [0, 0.1) is 5.92 Å². The Bertz CT molecular complexity index is 555. The Morgan fingerprint density at radius 1 is 1.05 bits per heavy atom. The van der Waals surface area contributed by atoms with Gasteiger partial charge in [0.1, 0.15) is 0 Å². The van der Waals surface area contributed by atoms with Crippen LogP contribution in [-0.4, -0.2) is 13.2 Å². The summed E-state index contributed by atoms with van der Waals surface area (Å²) >= 11 is 5.92. The maximum Gasteiger partial charge on any atom is 0.0875 e. The Hall–Kier alpha value is -1.35. The standard InChI is InChI=1S/C18H20ClNO/c19-17-8-6-15(7-9-17)18-16(13-21-18)10-11-20-12-14-4-2-1-3-5-14/h1-9,16,18,20H,10-13H2. The first-order valence-corrected chi connectivity index (χ1v) is 7.82. The molecule has 1 aliphatic rings. The summed E-state index contributed by atoms with van der Waals surface area (Å²) < 4.78 is 5.71. The van der Waals surface area contributed by atoms with Gasteiger partial charge in [-0.3, -0.25) is 0 Å². The first-order chi connectivity index (χ1) is 10.3. The Balaban J connectivity index is 1.43. The molecule has 3 heteroatoms. The van der Waals surface area contributed by atoms with Gasteiger partial charge in [0.2, 0.25) is 0 Å². The highest BCUT2D eigenvalue weighted by Crippen LogP contribution is 2.37. The third-order valence-electron chi connectivity index (χ3n) is 3.98. The fraction of sp³-hybridized carbons (Fsp3) is 0.333. The lowest BCUT2D eigenvalue weighted by Gasteiger charge is -2.37. The predicted octanol–water partition coefficient (Wildman–Crippen LogP) is 4.21. The van der Waals surface area contributed by atoms with Crippen LogP contribution < -0.4 is 5.32 Å². The van der Waals surface area contributed by atoms with Gasteiger partial charge in [-0.1, -0.05) is 54.1 Å². The molecule has 0 aromatic heterocycles. The minimum absolute atomic E-state index is 0.237. The van der Waals surface area contributed by atoms with E-state index in [9.17, 15) is 0 Å². The van der Waals surface area contributed by atoms with Crippen LogP contribution >= 0.6 is 11.6 Å². The number of rotatable bonds is 6. The summed E-state index contributed by atoms with van der Waals surface area (Å²) in [5.41, 5.74) is 2.57. The van der Waals surface area contributed by atoms with Crippen LogP contribution in [0.25, 0.3) is 0 Å². The average Bonchev–Trinajstić information content (AvgIpc) is 2.49. The van der Waals surface area contributed by atoms with E-state index in [1.165, 1.54) is 11.1 Å². The molecule has 2 aromatic carbocycles. The van der Waals surface area contributed by atoms with Gasteiger partial charge in [0.15, 0.2) is 0 Å². The van der Waals surface area contributed by atoms with Crippen LogP contribution in [-0.2, 0) is 11.3 Å². The molecule has 110 valence electrons. The third-order valence-corrected chi connectivity index (χ3v) is 4.23. The summed E-state index contributed by atoms with van der Waals surface area (Å²) in [5.74, 6) is 0.606. The second-order valence-corrected chi connectivity index (χ2v) is 5.95. The monoisotopic (exact) mass is 301 g/mol. The van der Waals surface area contributed by atoms with E-state index >= 15 is 0 Å². The molecule has 2 unspecified atom stereocenters. The molecule has 1 heterocycles. The zero-order chi connectivity index (χ0) is 14.5. The summed E-state index contributed by atoms with van der Waals surface area (Å²) in [6, 6.07) is 18.5. The van der Waals surface area contributed by atoms with Crippen molar-refractivity contribution < 1.29 is 4.74 Å². The summed E-state index contributed by atoms with van der Waals surface area (Å²) in [5, 5.41) is 4.28. The SMILES string of the molecule is Clc1ccc(C2OCC2CCNCc2ccccc2)cc1. The molecule has 21 heavy (non-hydrogen) atoms. The highest BCUT2D eigenvalue weighted by atomic mass is 35.5. The van der Waals surface area contributed by atoms with Crippen LogP contribution in [0.3, 0.4) is 0 Å². The Morgan fingerprint density at radius 2 is 1.81 bits per heavy atom. The molecule has 1 aliphatic heterocycles. The number of hydrogen-bond acceptors (Lipinski definition) is 2. The number of hydrogen-bond donors (Lipinski definition) is 1. The zero-order valence-electron chi connectivity index (χ0n) is 12.0. The molecule has 0 amide bonds. The number of nitrogens with one attached hydrogen (secondary N) is 1. The van der Waals surface area contributed by atoms with E-state index in [0.717, 1.165) is 31.1 Å². The van der Waals surface area contributed by atoms with E-state index in [-0.39, 0.29) is 6.10 Å². The van der Waals surface area contributed by atoms with E-state index in [4.69, 9.17) is 16.3 Å². The molecule has 0 saturated carbocycles. The summed E-state index contributed by atoms with van der Waals surface area (Å²) in [7, 11) is 0. The Morgan fingerprint density at radius 3 is 2.48 bits per heavy atom. The number of benzene rings is 2. The topological polar surface area (TPSA) is 21.3 Å². The van der Waals surface area contributed by atoms with E-state index in [0.29, 0.717) is 5.92 Å². The van der Waals surface area contributed by atoms with Gasteiger partial charge in [-0.25, -0.2) is 0 Å². The second kappa shape index (κ2) is 7.08. The number of ether oxygens (including phenoxy) is 1. The minimum atomic E-state index is 0.237. The molecule has 2 aromatic rings. The van der Waals surface area contributed by atoms with Crippen molar-refractivity contribution in [3.05, 3.63) is 70.7 Å². The van der Waals surface area contributed by atoms with Crippen molar-refractivity contribution in [3.8, 4) is 0 Å². The molecule has 1 saturated heterocycles. The van der Waals surface area contributed by atoms with Crippen LogP contribution in [0.1, 0.15) is 23.7 Å². The fourth-order valence-corrected chi connectivity index (χ4v) is 2.83. The zero-order valence-corrected chi connectivity index (χ0v) is 12.7. The summed E-state index contributed by atoms with van der Waals surface area (Å²) in [6.07, 6.45) is 1.38. The van der Waals surface area contributed by atoms with Crippen LogP contribution in [0.5, 0.6) is 0 Å². The van der Waals surface area contributed by atoms with Gasteiger partial charge in [0.25, 0.3) is 0 Å². The molecule has 0 spiro atoms. The fourth-order valence-electron chi connectivity index (χ4n) is 2.70. The van der Waals surface area contributed by atoms with Crippen molar-refractivity contribution >= 4 is 11.6 Å². The quantitative estimate of drug-likeness (QED) is 0.807. The Kier molecular flexibility index (Phi) is 4.91. The maximum absolute atomic E-state index is 5.92. The lowest BCUT2D eigenvalue weighted by molar-refractivity contribution is -0.120. The molecule has 0 aliphatic carbocycles. The summed E-state index contributed by atoms with van der Waals surface area (Å²) in [6.45, 7) is 2.81. The first kappa shape index (κ1) is 14.6. The maximum atomic E-state index is 5.92. The Labute approximate surface area is 131 Å². The van der Waals surface area contributed by atoms with Crippen LogP contribution in [0.4, 0.5) is 0 Å². The molecule has 0 radical (unpaired) electrons. The van der Waals surface area contributed by atoms with Crippen molar-refractivity contribution in [2.75, 3.05) is 13.2 Å². The van der Waals surface area contributed by atoms with Crippen molar-refractivity contribution in [2.24, 2.45) is 5.92 Å².